The van der Waals surface area contributed by atoms with E-state index in [0.29, 0.717) is 17.6 Å². The molecule has 1 aromatic carbocycles. The van der Waals surface area contributed by atoms with E-state index in [0.717, 1.165) is 5.56 Å². The number of pyridine rings is 1. The highest BCUT2D eigenvalue weighted by molar-refractivity contribution is 5.93. The number of hydrogen-bond donors (Lipinski definition) is 2. The number of nitrogens with zero attached hydrogens (tertiary/aromatic N) is 2. The van der Waals surface area contributed by atoms with Crippen LogP contribution in [0.4, 0.5) is 0 Å². The first-order chi connectivity index (χ1) is 12.5. The maximum absolute atomic E-state index is 12.5. The summed E-state index contributed by atoms with van der Waals surface area (Å²) in [6.07, 6.45) is 3.84. The average Bonchev–Trinajstić information content (AvgIpc) is 3.06. The van der Waals surface area contributed by atoms with Gasteiger partial charge in [-0.25, -0.2) is 4.98 Å². The van der Waals surface area contributed by atoms with E-state index in [1.807, 2.05) is 31.3 Å². The normalized spacial score (nSPS) is 13.3. The number of carboxylic acids is 1. The fourth-order valence-electron chi connectivity index (χ4n) is 3.05. The van der Waals surface area contributed by atoms with Gasteiger partial charge in [0.25, 0.3) is 5.91 Å². The van der Waals surface area contributed by atoms with Crippen molar-refractivity contribution in [3.63, 3.8) is 0 Å². The van der Waals surface area contributed by atoms with Gasteiger partial charge in [-0.2, -0.15) is 0 Å². The van der Waals surface area contributed by atoms with E-state index in [9.17, 15) is 14.7 Å². The van der Waals surface area contributed by atoms with Crippen LogP contribution in [0.5, 0.6) is 0 Å². The Bertz CT molecular complexity index is 949. The van der Waals surface area contributed by atoms with Crippen LogP contribution < -0.4 is 5.32 Å². The highest BCUT2D eigenvalue weighted by Crippen LogP contribution is 2.28. The van der Waals surface area contributed by atoms with E-state index >= 15 is 0 Å². The van der Waals surface area contributed by atoms with Crippen LogP contribution in [0.1, 0.15) is 35.0 Å². The van der Waals surface area contributed by atoms with Gasteiger partial charge in [-0.05, 0) is 36.6 Å². The standard InChI is InChI=1S/C20H21N3O3/c1-3-20(19(25)26,15-7-5-4-6-8-15)13-21-18(24)16-12-23-10-9-14(2)11-17(23)22-16/h4-12H,3,13H2,1-2H3,(H,21,24)(H,25,26). The maximum atomic E-state index is 12.5. The number of amides is 1. The lowest BCUT2D eigenvalue weighted by molar-refractivity contribution is -0.143. The number of aryl methyl sites for hydroxylation is 1. The van der Waals surface area contributed by atoms with Gasteiger partial charge in [-0.1, -0.05) is 37.3 Å². The Morgan fingerprint density at radius 1 is 1.23 bits per heavy atom. The Balaban J connectivity index is 1.84. The zero-order valence-corrected chi connectivity index (χ0v) is 14.8. The number of aromatic nitrogens is 2. The highest BCUT2D eigenvalue weighted by atomic mass is 16.4. The molecule has 6 nitrogen and oxygen atoms in total. The van der Waals surface area contributed by atoms with Crippen molar-refractivity contribution in [3.8, 4) is 0 Å². The van der Waals surface area contributed by atoms with Gasteiger partial charge in [0.15, 0.2) is 0 Å². The van der Waals surface area contributed by atoms with Gasteiger partial charge in [-0.3, -0.25) is 9.59 Å². The summed E-state index contributed by atoms with van der Waals surface area (Å²) >= 11 is 0. The first-order valence-corrected chi connectivity index (χ1v) is 8.49. The molecule has 0 aliphatic rings. The van der Waals surface area contributed by atoms with E-state index < -0.39 is 11.4 Å². The second-order valence-electron chi connectivity index (χ2n) is 6.39. The molecule has 1 amide bonds. The van der Waals surface area contributed by atoms with E-state index in [4.69, 9.17) is 0 Å². The molecule has 2 aromatic heterocycles. The fourth-order valence-corrected chi connectivity index (χ4v) is 3.05. The van der Waals surface area contributed by atoms with Gasteiger partial charge >= 0.3 is 5.97 Å². The van der Waals surface area contributed by atoms with Crippen LogP contribution in [-0.4, -0.2) is 32.9 Å². The van der Waals surface area contributed by atoms with E-state index in [2.05, 4.69) is 10.3 Å². The Kier molecular flexibility index (Phi) is 4.75. The molecule has 1 unspecified atom stereocenters. The maximum Gasteiger partial charge on any atom is 0.315 e. The van der Waals surface area contributed by atoms with Crippen molar-refractivity contribution in [2.24, 2.45) is 0 Å². The molecule has 0 saturated heterocycles. The Labute approximate surface area is 151 Å². The molecule has 0 fully saturated rings. The molecule has 0 aliphatic heterocycles. The van der Waals surface area contributed by atoms with E-state index in [1.54, 1.807) is 41.8 Å². The van der Waals surface area contributed by atoms with Crippen LogP contribution in [0, 0.1) is 6.92 Å². The topological polar surface area (TPSA) is 83.7 Å². The summed E-state index contributed by atoms with van der Waals surface area (Å²) in [6, 6.07) is 12.8. The van der Waals surface area contributed by atoms with Gasteiger partial charge in [0.2, 0.25) is 0 Å². The minimum atomic E-state index is -1.17. The summed E-state index contributed by atoms with van der Waals surface area (Å²) in [7, 11) is 0. The monoisotopic (exact) mass is 351 g/mol. The number of carbonyl (C=O) groups is 2. The van der Waals surface area contributed by atoms with Crippen LogP contribution in [0.25, 0.3) is 5.65 Å². The lowest BCUT2D eigenvalue weighted by atomic mass is 9.78. The van der Waals surface area contributed by atoms with E-state index in [1.165, 1.54) is 0 Å². The van der Waals surface area contributed by atoms with Gasteiger partial charge in [0.05, 0.1) is 0 Å². The number of benzene rings is 1. The molecule has 6 heteroatoms. The van der Waals surface area contributed by atoms with Crippen molar-refractivity contribution < 1.29 is 14.7 Å². The molecule has 134 valence electrons. The fraction of sp³-hybridized carbons (Fsp3) is 0.250. The summed E-state index contributed by atoms with van der Waals surface area (Å²) in [5.74, 6) is -1.35. The summed E-state index contributed by atoms with van der Waals surface area (Å²) < 4.78 is 1.77. The number of rotatable bonds is 6. The van der Waals surface area contributed by atoms with Crippen molar-refractivity contribution in [2.75, 3.05) is 6.54 Å². The molecule has 3 rings (SSSR count). The smallest absolute Gasteiger partial charge is 0.315 e. The second-order valence-corrected chi connectivity index (χ2v) is 6.39. The Hall–Kier alpha value is -3.15. The van der Waals surface area contributed by atoms with Crippen LogP contribution in [0.2, 0.25) is 0 Å². The number of carboxylic acid groups (broad SMARTS) is 1. The molecule has 26 heavy (non-hydrogen) atoms. The molecular weight excluding hydrogens is 330 g/mol. The predicted molar refractivity (Wildman–Crippen MR) is 98.3 cm³/mol. The van der Waals surface area contributed by atoms with E-state index in [-0.39, 0.29) is 18.1 Å². The SMILES string of the molecule is CCC(CNC(=O)c1cn2ccc(C)cc2n1)(C(=O)O)c1ccccc1. The number of aliphatic carboxylic acids is 1. The van der Waals surface area contributed by atoms with Crippen LogP contribution in [-0.2, 0) is 10.2 Å². The third kappa shape index (κ3) is 3.18. The molecule has 0 bridgehead atoms. The molecule has 2 N–H and O–H groups in total. The van der Waals surface area contributed by atoms with Crippen LogP contribution in [0.15, 0.2) is 54.9 Å². The van der Waals surface area contributed by atoms with Gasteiger partial charge in [0, 0.05) is 18.9 Å². The third-order valence-corrected chi connectivity index (χ3v) is 4.74. The van der Waals surface area contributed by atoms with Crippen molar-refractivity contribution in [1.29, 1.82) is 0 Å². The summed E-state index contributed by atoms with van der Waals surface area (Å²) in [5, 5.41) is 12.6. The van der Waals surface area contributed by atoms with Crippen LogP contribution >= 0.6 is 0 Å². The second kappa shape index (κ2) is 7.00. The number of carbonyl (C=O) groups excluding carboxylic acids is 1. The largest absolute Gasteiger partial charge is 0.481 e. The van der Waals surface area contributed by atoms with Crippen molar-refractivity contribution >= 4 is 17.5 Å². The number of nitrogens with one attached hydrogen (secondary N) is 1. The summed E-state index contributed by atoms with van der Waals surface area (Å²) in [5.41, 5.74) is 1.49. The van der Waals surface area contributed by atoms with Crippen molar-refractivity contribution in [3.05, 3.63) is 71.7 Å². The molecule has 0 spiro atoms. The van der Waals surface area contributed by atoms with Crippen molar-refractivity contribution in [2.45, 2.75) is 25.7 Å². The Morgan fingerprint density at radius 2 is 1.96 bits per heavy atom. The first kappa shape index (κ1) is 17.7. The highest BCUT2D eigenvalue weighted by Gasteiger charge is 2.39. The quantitative estimate of drug-likeness (QED) is 0.715. The Morgan fingerprint density at radius 3 is 2.62 bits per heavy atom. The average molecular weight is 351 g/mol. The minimum absolute atomic E-state index is 0.00538. The number of imidazole rings is 1. The zero-order chi connectivity index (χ0) is 18.7. The predicted octanol–water partition coefficient (Wildman–Crippen LogP) is 2.81. The molecule has 0 aliphatic carbocycles. The lowest BCUT2D eigenvalue weighted by Gasteiger charge is -2.28. The zero-order valence-electron chi connectivity index (χ0n) is 14.8. The van der Waals surface area contributed by atoms with Gasteiger partial charge in [0.1, 0.15) is 16.8 Å². The molecular formula is C20H21N3O3. The van der Waals surface area contributed by atoms with Crippen molar-refractivity contribution in [1.82, 2.24) is 14.7 Å². The summed E-state index contributed by atoms with van der Waals surface area (Å²) in [4.78, 5) is 28.9. The molecule has 3 aromatic rings. The molecule has 0 radical (unpaired) electrons. The molecule has 2 heterocycles. The number of fused-ring (bicyclic) bond motifs is 1. The number of hydrogen-bond acceptors (Lipinski definition) is 3. The molecule has 0 saturated carbocycles. The van der Waals surface area contributed by atoms with Gasteiger partial charge < -0.3 is 14.8 Å². The van der Waals surface area contributed by atoms with Gasteiger partial charge in [-0.15, -0.1) is 0 Å². The minimum Gasteiger partial charge on any atom is -0.481 e. The lowest BCUT2D eigenvalue weighted by Crippen LogP contribution is -2.46. The summed E-state index contributed by atoms with van der Waals surface area (Å²) in [6.45, 7) is 3.76. The first-order valence-electron chi connectivity index (χ1n) is 8.49. The third-order valence-electron chi connectivity index (χ3n) is 4.74. The molecule has 1 atom stereocenters. The van der Waals surface area contributed by atoms with Crippen LogP contribution in [0.3, 0.4) is 0 Å².